The van der Waals surface area contributed by atoms with Crippen LogP contribution in [-0.4, -0.2) is 30.1 Å². The first-order chi connectivity index (χ1) is 4.92. The molecule has 0 aliphatic rings. The Kier molecular flexibility index (Phi) is 4.65. The van der Waals surface area contributed by atoms with E-state index in [1.807, 2.05) is 0 Å². The molecule has 0 rings (SSSR count). The quantitative estimate of drug-likeness (QED) is 0.472. The standard InChI is InChI=1S/C8H19NO2/c1-7(10)11-6-5-9-8(2,3)4/h7,9-10H,5-6H2,1-4H3. The maximum Gasteiger partial charge on any atom is 0.151 e. The van der Waals surface area contributed by atoms with Crippen LogP contribution < -0.4 is 5.32 Å². The van der Waals surface area contributed by atoms with E-state index in [1.165, 1.54) is 0 Å². The predicted octanol–water partition coefficient (Wildman–Crippen LogP) is 0.729. The zero-order valence-corrected chi connectivity index (χ0v) is 7.85. The molecule has 0 aromatic heterocycles. The van der Waals surface area contributed by atoms with E-state index in [2.05, 4.69) is 26.1 Å². The summed E-state index contributed by atoms with van der Waals surface area (Å²) >= 11 is 0. The second-order valence-corrected chi connectivity index (χ2v) is 3.65. The number of rotatable bonds is 4. The van der Waals surface area contributed by atoms with Crippen LogP contribution in [0.15, 0.2) is 0 Å². The molecule has 0 aromatic rings. The number of aliphatic hydroxyl groups excluding tert-OH is 1. The molecule has 1 atom stereocenters. The molecule has 0 bridgehead atoms. The molecule has 0 amide bonds. The maximum atomic E-state index is 8.73. The highest BCUT2D eigenvalue weighted by Gasteiger charge is 2.07. The van der Waals surface area contributed by atoms with Gasteiger partial charge in [0, 0.05) is 12.1 Å². The van der Waals surface area contributed by atoms with Gasteiger partial charge in [0.1, 0.15) is 0 Å². The van der Waals surface area contributed by atoms with Gasteiger partial charge in [-0.25, -0.2) is 0 Å². The summed E-state index contributed by atoms with van der Waals surface area (Å²) in [4.78, 5) is 0. The van der Waals surface area contributed by atoms with Crippen molar-refractivity contribution in [2.75, 3.05) is 13.2 Å². The molecule has 0 radical (unpaired) electrons. The maximum absolute atomic E-state index is 8.73. The Morgan fingerprint density at radius 1 is 1.45 bits per heavy atom. The van der Waals surface area contributed by atoms with E-state index in [0.29, 0.717) is 6.61 Å². The van der Waals surface area contributed by atoms with E-state index in [0.717, 1.165) is 6.54 Å². The first-order valence-electron chi connectivity index (χ1n) is 3.96. The van der Waals surface area contributed by atoms with E-state index in [9.17, 15) is 0 Å². The molecule has 11 heavy (non-hydrogen) atoms. The summed E-state index contributed by atoms with van der Waals surface area (Å²) in [6.45, 7) is 9.21. The van der Waals surface area contributed by atoms with Crippen LogP contribution in [0.25, 0.3) is 0 Å². The third-order valence-electron chi connectivity index (χ3n) is 1.12. The van der Waals surface area contributed by atoms with Gasteiger partial charge in [-0.15, -0.1) is 0 Å². The minimum atomic E-state index is -0.656. The Bertz CT molecular complexity index is 96.8. The first-order valence-corrected chi connectivity index (χ1v) is 3.96. The first kappa shape index (κ1) is 10.9. The fourth-order valence-electron chi connectivity index (χ4n) is 0.656. The Morgan fingerprint density at radius 3 is 2.36 bits per heavy atom. The molecule has 0 spiro atoms. The molecule has 68 valence electrons. The van der Waals surface area contributed by atoms with Crippen molar-refractivity contribution in [2.45, 2.75) is 39.5 Å². The van der Waals surface area contributed by atoms with Gasteiger partial charge in [-0.1, -0.05) is 0 Å². The number of hydrogen-bond donors (Lipinski definition) is 2. The van der Waals surface area contributed by atoms with Gasteiger partial charge in [0.15, 0.2) is 6.29 Å². The van der Waals surface area contributed by atoms with Crippen LogP contribution in [0.2, 0.25) is 0 Å². The van der Waals surface area contributed by atoms with Crippen molar-refractivity contribution in [1.29, 1.82) is 0 Å². The molecule has 1 unspecified atom stereocenters. The lowest BCUT2D eigenvalue weighted by Gasteiger charge is -2.20. The molecule has 3 nitrogen and oxygen atoms in total. The molecule has 2 N–H and O–H groups in total. The summed E-state index contributed by atoms with van der Waals surface area (Å²) in [6, 6.07) is 0. The van der Waals surface area contributed by atoms with Crippen LogP contribution in [0.4, 0.5) is 0 Å². The van der Waals surface area contributed by atoms with Crippen molar-refractivity contribution < 1.29 is 9.84 Å². The lowest BCUT2D eigenvalue weighted by molar-refractivity contribution is -0.0842. The Hall–Kier alpha value is -0.120. The molecule has 0 aliphatic heterocycles. The monoisotopic (exact) mass is 161 g/mol. The van der Waals surface area contributed by atoms with Gasteiger partial charge in [0.25, 0.3) is 0 Å². The lowest BCUT2D eigenvalue weighted by atomic mass is 10.1. The third kappa shape index (κ3) is 9.88. The van der Waals surface area contributed by atoms with Gasteiger partial charge < -0.3 is 15.2 Å². The molecular weight excluding hydrogens is 142 g/mol. The summed E-state index contributed by atoms with van der Waals surface area (Å²) in [5.41, 5.74) is 0.127. The molecular formula is C8H19NO2. The Labute approximate surface area is 68.8 Å². The number of hydrogen-bond acceptors (Lipinski definition) is 3. The van der Waals surface area contributed by atoms with E-state index >= 15 is 0 Å². The minimum absolute atomic E-state index is 0.127. The van der Waals surface area contributed by atoms with Crippen molar-refractivity contribution in [3.05, 3.63) is 0 Å². The van der Waals surface area contributed by atoms with Crippen molar-refractivity contribution in [1.82, 2.24) is 5.32 Å². The fourth-order valence-corrected chi connectivity index (χ4v) is 0.656. The Morgan fingerprint density at radius 2 is 2.00 bits per heavy atom. The molecule has 0 aliphatic carbocycles. The van der Waals surface area contributed by atoms with Gasteiger partial charge in [0.05, 0.1) is 6.61 Å². The van der Waals surface area contributed by atoms with Gasteiger partial charge in [0.2, 0.25) is 0 Å². The summed E-state index contributed by atoms with van der Waals surface area (Å²) in [7, 11) is 0. The SMILES string of the molecule is CC(O)OCCNC(C)(C)C. The van der Waals surface area contributed by atoms with E-state index in [-0.39, 0.29) is 5.54 Å². The number of ether oxygens (including phenoxy) is 1. The summed E-state index contributed by atoms with van der Waals surface area (Å²) < 4.78 is 4.93. The van der Waals surface area contributed by atoms with E-state index < -0.39 is 6.29 Å². The highest BCUT2D eigenvalue weighted by Crippen LogP contribution is 1.96. The zero-order chi connectivity index (χ0) is 8.91. The highest BCUT2D eigenvalue weighted by molar-refractivity contribution is 4.69. The molecule has 0 aromatic carbocycles. The molecule has 0 saturated carbocycles. The second kappa shape index (κ2) is 4.70. The molecule has 3 heteroatoms. The highest BCUT2D eigenvalue weighted by atomic mass is 16.6. The van der Waals surface area contributed by atoms with Gasteiger partial charge in [-0.05, 0) is 27.7 Å². The van der Waals surface area contributed by atoms with Crippen molar-refractivity contribution >= 4 is 0 Å². The van der Waals surface area contributed by atoms with Crippen molar-refractivity contribution in [2.24, 2.45) is 0 Å². The van der Waals surface area contributed by atoms with Gasteiger partial charge in [-0.3, -0.25) is 0 Å². The molecule has 0 fully saturated rings. The largest absolute Gasteiger partial charge is 0.368 e. The van der Waals surface area contributed by atoms with Crippen LogP contribution in [0.3, 0.4) is 0 Å². The van der Waals surface area contributed by atoms with Gasteiger partial charge >= 0.3 is 0 Å². The van der Waals surface area contributed by atoms with Crippen LogP contribution >= 0.6 is 0 Å². The smallest absolute Gasteiger partial charge is 0.151 e. The molecule has 0 saturated heterocycles. The van der Waals surface area contributed by atoms with E-state index in [1.54, 1.807) is 6.92 Å². The third-order valence-corrected chi connectivity index (χ3v) is 1.12. The van der Waals surface area contributed by atoms with Crippen molar-refractivity contribution in [3.8, 4) is 0 Å². The van der Waals surface area contributed by atoms with Crippen LogP contribution in [0.5, 0.6) is 0 Å². The Balaban J connectivity index is 3.15. The number of nitrogens with one attached hydrogen (secondary N) is 1. The average molecular weight is 161 g/mol. The topological polar surface area (TPSA) is 41.5 Å². The summed E-state index contributed by atoms with van der Waals surface area (Å²) in [5.74, 6) is 0. The second-order valence-electron chi connectivity index (χ2n) is 3.65. The summed E-state index contributed by atoms with van der Waals surface area (Å²) in [5, 5.41) is 12.0. The average Bonchev–Trinajstić information content (AvgIpc) is 1.78. The van der Waals surface area contributed by atoms with Crippen molar-refractivity contribution in [3.63, 3.8) is 0 Å². The lowest BCUT2D eigenvalue weighted by Crippen LogP contribution is -2.38. The fraction of sp³-hybridized carbons (Fsp3) is 1.00. The van der Waals surface area contributed by atoms with Crippen LogP contribution in [0, 0.1) is 0 Å². The van der Waals surface area contributed by atoms with Crippen LogP contribution in [-0.2, 0) is 4.74 Å². The van der Waals surface area contributed by atoms with Crippen LogP contribution in [0.1, 0.15) is 27.7 Å². The van der Waals surface area contributed by atoms with Gasteiger partial charge in [-0.2, -0.15) is 0 Å². The van der Waals surface area contributed by atoms with E-state index in [4.69, 9.17) is 9.84 Å². The normalized spacial score (nSPS) is 15.0. The summed E-state index contributed by atoms with van der Waals surface area (Å²) in [6.07, 6.45) is -0.656. The zero-order valence-electron chi connectivity index (χ0n) is 7.85. The predicted molar refractivity (Wildman–Crippen MR) is 45.4 cm³/mol. The minimum Gasteiger partial charge on any atom is -0.368 e. The molecule has 0 heterocycles. The number of aliphatic hydroxyl groups is 1.